The summed E-state index contributed by atoms with van der Waals surface area (Å²) in [5, 5.41) is 6.96. The van der Waals surface area contributed by atoms with Gasteiger partial charge in [0.25, 0.3) is 15.9 Å². The van der Waals surface area contributed by atoms with Crippen LogP contribution in [-0.2, 0) is 21.2 Å². The number of carbonyl (C=O) groups is 2. The lowest BCUT2D eigenvalue weighted by molar-refractivity contribution is 0.0526. The highest BCUT2D eigenvalue weighted by Crippen LogP contribution is 2.30. The fourth-order valence-corrected chi connectivity index (χ4v) is 4.80. The highest BCUT2D eigenvalue weighted by atomic mass is 32.2. The van der Waals surface area contributed by atoms with E-state index in [0.29, 0.717) is 53.1 Å². The van der Waals surface area contributed by atoms with E-state index in [9.17, 15) is 18.0 Å². The van der Waals surface area contributed by atoms with Gasteiger partial charge in [-0.15, -0.1) is 0 Å². The van der Waals surface area contributed by atoms with Crippen LogP contribution < -0.4 is 10.1 Å². The molecule has 3 aromatic rings. The Bertz CT molecular complexity index is 1420. The first-order valence-corrected chi connectivity index (χ1v) is 13.0. The molecule has 0 saturated heterocycles. The molecular formula is C26H27N3O6S. The smallest absolute Gasteiger partial charge is 0.338 e. The van der Waals surface area contributed by atoms with Crippen molar-refractivity contribution < 1.29 is 27.2 Å². The molecule has 1 heterocycles. The topological polar surface area (TPSA) is 127 Å². The number of sulfonamides is 1. The van der Waals surface area contributed by atoms with Gasteiger partial charge in [0.2, 0.25) is 0 Å². The maximum atomic E-state index is 13.0. The molecule has 0 bridgehead atoms. The average Bonchev–Trinajstić information content (AvgIpc) is 3.21. The molecule has 0 unspecified atom stereocenters. The third-order valence-electron chi connectivity index (χ3n) is 5.82. The van der Waals surface area contributed by atoms with Crippen LogP contribution >= 0.6 is 0 Å². The Kier molecular flexibility index (Phi) is 7.25. The standard InChI is InChI=1S/C26H27N3O6S/c1-4-34-26(31)18-10-12-19(13-11-18)27-25(30)24-17(3)23-21(6-5-7-22(23)35-24)28-29-36(32,33)20-14-8-16(2)9-15-20/h8-15,29H,4-7H2,1-3H3,(H,27,30)/b28-21+. The van der Waals surface area contributed by atoms with Crippen LogP contribution in [0.5, 0.6) is 0 Å². The Balaban J connectivity index is 1.53. The molecule has 4 rings (SSSR count). The fraction of sp³-hybridized carbons (Fsp3) is 0.269. The normalized spacial score (nSPS) is 14.2. The largest absolute Gasteiger partial charge is 0.462 e. The van der Waals surface area contributed by atoms with Gasteiger partial charge in [-0.05, 0) is 70.0 Å². The van der Waals surface area contributed by atoms with Crippen LogP contribution in [0.25, 0.3) is 0 Å². The Morgan fingerprint density at radius 2 is 1.72 bits per heavy atom. The van der Waals surface area contributed by atoms with Crippen molar-refractivity contribution in [3.63, 3.8) is 0 Å². The maximum Gasteiger partial charge on any atom is 0.338 e. The van der Waals surface area contributed by atoms with E-state index in [1.165, 1.54) is 12.1 Å². The van der Waals surface area contributed by atoms with Crippen LogP contribution in [0.15, 0.2) is 62.9 Å². The average molecular weight is 510 g/mol. The van der Waals surface area contributed by atoms with Gasteiger partial charge in [0.1, 0.15) is 5.76 Å². The lowest BCUT2D eigenvalue weighted by Crippen LogP contribution is -2.22. The number of nitrogens with one attached hydrogen (secondary N) is 2. The minimum atomic E-state index is -3.84. The number of carbonyl (C=O) groups excluding carboxylic acids is 2. The van der Waals surface area contributed by atoms with E-state index in [0.717, 1.165) is 5.56 Å². The second-order valence-corrected chi connectivity index (χ2v) is 10.1. The number of amides is 1. The van der Waals surface area contributed by atoms with Crippen LogP contribution in [0.3, 0.4) is 0 Å². The summed E-state index contributed by atoms with van der Waals surface area (Å²) in [6, 6.07) is 12.8. The molecule has 0 saturated carbocycles. The summed E-state index contributed by atoms with van der Waals surface area (Å²) in [6.07, 6.45) is 1.86. The zero-order chi connectivity index (χ0) is 25.9. The van der Waals surface area contributed by atoms with Crippen LogP contribution in [0.4, 0.5) is 5.69 Å². The molecule has 10 heteroatoms. The monoisotopic (exact) mass is 509 g/mol. The molecule has 1 aliphatic carbocycles. The Labute approximate surface area is 209 Å². The predicted molar refractivity (Wildman–Crippen MR) is 135 cm³/mol. The highest BCUT2D eigenvalue weighted by molar-refractivity contribution is 7.89. The summed E-state index contributed by atoms with van der Waals surface area (Å²) >= 11 is 0. The zero-order valence-corrected chi connectivity index (χ0v) is 21.1. The molecule has 2 aromatic carbocycles. The number of nitrogens with zero attached hydrogens (tertiary/aromatic N) is 1. The quantitative estimate of drug-likeness (QED) is 0.360. The third kappa shape index (κ3) is 5.33. The van der Waals surface area contributed by atoms with E-state index in [1.54, 1.807) is 50.2 Å². The molecule has 1 aliphatic rings. The first-order valence-electron chi connectivity index (χ1n) is 11.6. The van der Waals surface area contributed by atoms with E-state index in [-0.39, 0.29) is 17.3 Å². The number of anilines is 1. The fourth-order valence-electron chi connectivity index (χ4n) is 3.97. The molecule has 0 spiro atoms. The molecular weight excluding hydrogens is 482 g/mol. The third-order valence-corrected chi connectivity index (χ3v) is 7.04. The predicted octanol–water partition coefficient (Wildman–Crippen LogP) is 4.34. The summed E-state index contributed by atoms with van der Waals surface area (Å²) in [5.74, 6) is -0.166. The van der Waals surface area contributed by atoms with Crippen molar-refractivity contribution in [3.05, 3.63) is 82.3 Å². The second-order valence-electron chi connectivity index (χ2n) is 8.43. The van der Waals surface area contributed by atoms with Gasteiger partial charge in [-0.1, -0.05) is 17.7 Å². The van der Waals surface area contributed by atoms with Gasteiger partial charge in [0.05, 0.1) is 22.8 Å². The zero-order valence-electron chi connectivity index (χ0n) is 20.3. The summed E-state index contributed by atoms with van der Waals surface area (Å²) in [6.45, 7) is 5.63. The number of furan rings is 1. The van der Waals surface area contributed by atoms with Crippen molar-refractivity contribution in [2.75, 3.05) is 11.9 Å². The van der Waals surface area contributed by atoms with E-state index in [2.05, 4.69) is 15.2 Å². The number of rotatable bonds is 7. The molecule has 2 N–H and O–H groups in total. The van der Waals surface area contributed by atoms with Crippen molar-refractivity contribution in [1.82, 2.24) is 4.83 Å². The minimum Gasteiger partial charge on any atom is -0.462 e. The molecule has 0 radical (unpaired) electrons. The van der Waals surface area contributed by atoms with Crippen molar-refractivity contribution in [3.8, 4) is 0 Å². The summed E-state index contributed by atoms with van der Waals surface area (Å²) in [7, 11) is -3.84. The van der Waals surface area contributed by atoms with Crippen LogP contribution in [0.1, 0.15) is 63.1 Å². The molecule has 1 aromatic heterocycles. The van der Waals surface area contributed by atoms with Gasteiger partial charge >= 0.3 is 5.97 Å². The number of hydrogen-bond donors (Lipinski definition) is 2. The summed E-state index contributed by atoms with van der Waals surface area (Å²) < 4.78 is 36.2. The minimum absolute atomic E-state index is 0.117. The number of fused-ring (bicyclic) bond motifs is 1. The van der Waals surface area contributed by atoms with Crippen LogP contribution in [0, 0.1) is 13.8 Å². The number of ether oxygens (including phenoxy) is 1. The van der Waals surface area contributed by atoms with Crippen molar-refractivity contribution in [2.24, 2.45) is 5.10 Å². The molecule has 0 atom stereocenters. The molecule has 1 amide bonds. The lowest BCUT2D eigenvalue weighted by Gasteiger charge is -2.14. The van der Waals surface area contributed by atoms with Gasteiger partial charge in [-0.3, -0.25) is 4.79 Å². The molecule has 36 heavy (non-hydrogen) atoms. The van der Waals surface area contributed by atoms with Crippen molar-refractivity contribution in [2.45, 2.75) is 44.9 Å². The number of benzene rings is 2. The molecule has 0 fully saturated rings. The van der Waals surface area contributed by atoms with Crippen molar-refractivity contribution >= 4 is 33.3 Å². The summed E-state index contributed by atoms with van der Waals surface area (Å²) in [4.78, 5) is 27.2. The first kappa shape index (κ1) is 25.2. The van der Waals surface area contributed by atoms with Crippen LogP contribution in [0.2, 0.25) is 0 Å². The Morgan fingerprint density at radius 1 is 1.03 bits per heavy atom. The number of hydrazone groups is 1. The molecule has 9 nitrogen and oxygen atoms in total. The Morgan fingerprint density at radius 3 is 2.39 bits per heavy atom. The first-order chi connectivity index (χ1) is 17.2. The van der Waals surface area contributed by atoms with E-state index in [1.807, 2.05) is 6.92 Å². The van der Waals surface area contributed by atoms with Crippen LogP contribution in [-0.4, -0.2) is 32.6 Å². The SMILES string of the molecule is CCOC(=O)c1ccc(NC(=O)c2oc3c(c2C)/C(=N/NS(=O)(=O)c2ccc(C)cc2)CCC3)cc1. The lowest BCUT2D eigenvalue weighted by atomic mass is 9.93. The molecule has 188 valence electrons. The van der Waals surface area contributed by atoms with E-state index < -0.39 is 21.9 Å². The maximum absolute atomic E-state index is 13.0. The van der Waals surface area contributed by atoms with Gasteiger partial charge in [0.15, 0.2) is 5.76 Å². The van der Waals surface area contributed by atoms with Gasteiger partial charge < -0.3 is 14.5 Å². The summed E-state index contributed by atoms with van der Waals surface area (Å²) in [5.41, 5.74) is 3.57. The van der Waals surface area contributed by atoms with Gasteiger partial charge in [-0.25, -0.2) is 4.79 Å². The van der Waals surface area contributed by atoms with Crippen molar-refractivity contribution in [1.29, 1.82) is 0 Å². The van der Waals surface area contributed by atoms with E-state index >= 15 is 0 Å². The van der Waals surface area contributed by atoms with Gasteiger partial charge in [-0.2, -0.15) is 18.4 Å². The number of aryl methyl sites for hydroxylation is 2. The highest BCUT2D eigenvalue weighted by Gasteiger charge is 2.28. The second kappa shape index (κ2) is 10.4. The van der Waals surface area contributed by atoms with E-state index in [4.69, 9.17) is 9.15 Å². The molecule has 0 aliphatic heterocycles. The van der Waals surface area contributed by atoms with Gasteiger partial charge in [0, 0.05) is 23.2 Å². The number of hydrogen-bond acceptors (Lipinski definition) is 7. The Hall–Kier alpha value is -3.92. The number of esters is 1.